The molecule has 19 heavy (non-hydrogen) atoms. The van der Waals surface area contributed by atoms with E-state index in [1.54, 1.807) is 6.07 Å². The fourth-order valence-electron chi connectivity index (χ4n) is 2.44. The van der Waals surface area contributed by atoms with E-state index in [0.717, 1.165) is 38.3 Å². The molecule has 1 saturated heterocycles. The first-order valence-corrected chi connectivity index (χ1v) is 6.41. The maximum Gasteiger partial charge on any atom is 0.326 e. The Labute approximate surface area is 109 Å². The van der Waals surface area contributed by atoms with Crippen LogP contribution in [0.15, 0.2) is 27.8 Å². The van der Waals surface area contributed by atoms with Gasteiger partial charge in [-0.2, -0.15) is 0 Å². The fourth-order valence-corrected chi connectivity index (χ4v) is 2.44. The van der Waals surface area contributed by atoms with Gasteiger partial charge in [0.15, 0.2) is 0 Å². The Morgan fingerprint density at radius 2 is 1.89 bits per heavy atom. The molecule has 0 saturated carbocycles. The number of nitrogens with zero attached hydrogens (tertiary/aromatic N) is 1. The van der Waals surface area contributed by atoms with Crippen LogP contribution in [0.3, 0.4) is 0 Å². The van der Waals surface area contributed by atoms with Crippen molar-refractivity contribution in [3.8, 4) is 0 Å². The molecular formula is C13H16N4O2. The lowest BCUT2D eigenvalue weighted by Gasteiger charge is -2.27. The Morgan fingerprint density at radius 1 is 1.11 bits per heavy atom. The molecule has 2 heterocycles. The van der Waals surface area contributed by atoms with E-state index < -0.39 is 5.69 Å². The highest BCUT2D eigenvalue weighted by Crippen LogP contribution is 2.11. The minimum Gasteiger partial charge on any atom is -0.314 e. The minimum atomic E-state index is -0.461. The van der Waals surface area contributed by atoms with E-state index in [9.17, 15) is 9.59 Å². The topological polar surface area (TPSA) is 81.0 Å². The first-order chi connectivity index (χ1) is 9.22. The number of aromatic amines is 2. The van der Waals surface area contributed by atoms with Crippen LogP contribution in [0.2, 0.25) is 0 Å². The maximum atomic E-state index is 11.6. The van der Waals surface area contributed by atoms with Crippen LogP contribution in [-0.2, 0) is 6.54 Å². The second kappa shape index (κ2) is 4.99. The number of aromatic nitrogens is 2. The average molecular weight is 260 g/mol. The molecule has 1 aromatic carbocycles. The zero-order valence-electron chi connectivity index (χ0n) is 10.5. The predicted octanol–water partition coefficient (Wildman–Crippen LogP) is -0.378. The van der Waals surface area contributed by atoms with E-state index in [-0.39, 0.29) is 5.56 Å². The molecule has 1 aliphatic rings. The summed E-state index contributed by atoms with van der Waals surface area (Å²) in [5.74, 6) is 0. The van der Waals surface area contributed by atoms with Crippen LogP contribution >= 0.6 is 0 Å². The molecule has 0 aliphatic carbocycles. The summed E-state index contributed by atoms with van der Waals surface area (Å²) < 4.78 is 0. The van der Waals surface area contributed by atoms with Gasteiger partial charge in [0.1, 0.15) is 0 Å². The first-order valence-electron chi connectivity index (χ1n) is 6.41. The standard InChI is InChI=1S/C13H16N4O2/c18-12-10-2-1-9(7-11(10)15-13(19)16-12)8-17-5-3-14-4-6-17/h1-2,7,14H,3-6,8H2,(H2,15,16,18,19). The summed E-state index contributed by atoms with van der Waals surface area (Å²) in [5.41, 5.74) is 0.904. The highest BCUT2D eigenvalue weighted by molar-refractivity contribution is 5.77. The highest BCUT2D eigenvalue weighted by Gasteiger charge is 2.10. The van der Waals surface area contributed by atoms with E-state index >= 15 is 0 Å². The van der Waals surface area contributed by atoms with Crippen molar-refractivity contribution < 1.29 is 0 Å². The van der Waals surface area contributed by atoms with Crippen molar-refractivity contribution in [1.82, 2.24) is 20.2 Å². The molecule has 0 amide bonds. The second-order valence-electron chi connectivity index (χ2n) is 4.81. The van der Waals surface area contributed by atoms with Gasteiger partial charge in [-0.05, 0) is 17.7 Å². The van der Waals surface area contributed by atoms with E-state index in [1.807, 2.05) is 12.1 Å². The number of piperazine rings is 1. The van der Waals surface area contributed by atoms with Gasteiger partial charge in [0.25, 0.3) is 5.56 Å². The van der Waals surface area contributed by atoms with E-state index in [0.29, 0.717) is 10.9 Å². The molecule has 3 rings (SSSR count). The average Bonchev–Trinajstić information content (AvgIpc) is 2.39. The molecule has 1 aliphatic heterocycles. The van der Waals surface area contributed by atoms with Crippen molar-refractivity contribution in [2.45, 2.75) is 6.54 Å². The van der Waals surface area contributed by atoms with Crippen molar-refractivity contribution in [1.29, 1.82) is 0 Å². The Bertz CT molecular complexity index is 698. The molecule has 100 valence electrons. The number of H-pyrrole nitrogens is 2. The summed E-state index contributed by atoms with van der Waals surface area (Å²) in [6.45, 7) is 4.88. The molecule has 0 atom stereocenters. The largest absolute Gasteiger partial charge is 0.326 e. The number of benzene rings is 1. The molecule has 2 aromatic rings. The number of nitrogens with one attached hydrogen (secondary N) is 3. The van der Waals surface area contributed by atoms with Crippen molar-refractivity contribution in [3.05, 3.63) is 44.6 Å². The van der Waals surface area contributed by atoms with Crippen LogP contribution in [0.4, 0.5) is 0 Å². The van der Waals surface area contributed by atoms with Gasteiger partial charge in [0.2, 0.25) is 0 Å². The van der Waals surface area contributed by atoms with Crippen molar-refractivity contribution in [2.24, 2.45) is 0 Å². The number of fused-ring (bicyclic) bond motifs is 1. The smallest absolute Gasteiger partial charge is 0.314 e. The molecule has 0 unspecified atom stereocenters. The third-order valence-corrected chi connectivity index (χ3v) is 3.42. The predicted molar refractivity (Wildman–Crippen MR) is 73.3 cm³/mol. The van der Waals surface area contributed by atoms with Crippen LogP contribution in [0.25, 0.3) is 10.9 Å². The lowest BCUT2D eigenvalue weighted by atomic mass is 10.1. The van der Waals surface area contributed by atoms with Crippen LogP contribution < -0.4 is 16.6 Å². The number of hydrogen-bond acceptors (Lipinski definition) is 4. The molecular weight excluding hydrogens is 244 g/mol. The Balaban J connectivity index is 1.92. The lowest BCUT2D eigenvalue weighted by molar-refractivity contribution is 0.233. The van der Waals surface area contributed by atoms with Gasteiger partial charge in [-0.3, -0.25) is 14.7 Å². The SMILES string of the molecule is O=c1[nH]c(=O)c2ccc(CN3CCNCC3)cc2[nH]1. The molecule has 1 aromatic heterocycles. The van der Waals surface area contributed by atoms with Crippen LogP contribution in [0.1, 0.15) is 5.56 Å². The summed E-state index contributed by atoms with van der Waals surface area (Å²) in [6.07, 6.45) is 0. The summed E-state index contributed by atoms with van der Waals surface area (Å²) in [6, 6.07) is 5.59. The Morgan fingerprint density at radius 3 is 2.68 bits per heavy atom. The highest BCUT2D eigenvalue weighted by atomic mass is 16.2. The number of rotatable bonds is 2. The first kappa shape index (κ1) is 12.1. The van der Waals surface area contributed by atoms with Crippen LogP contribution in [-0.4, -0.2) is 41.0 Å². The summed E-state index contributed by atoms with van der Waals surface area (Å²) in [7, 11) is 0. The van der Waals surface area contributed by atoms with E-state index in [2.05, 4.69) is 20.2 Å². The van der Waals surface area contributed by atoms with Gasteiger partial charge < -0.3 is 10.3 Å². The van der Waals surface area contributed by atoms with Crippen molar-refractivity contribution in [2.75, 3.05) is 26.2 Å². The van der Waals surface area contributed by atoms with E-state index in [1.165, 1.54) is 0 Å². The quantitative estimate of drug-likeness (QED) is 0.687. The monoisotopic (exact) mass is 260 g/mol. The second-order valence-corrected chi connectivity index (χ2v) is 4.81. The zero-order valence-corrected chi connectivity index (χ0v) is 10.5. The van der Waals surface area contributed by atoms with Crippen molar-refractivity contribution >= 4 is 10.9 Å². The maximum absolute atomic E-state index is 11.6. The van der Waals surface area contributed by atoms with Gasteiger partial charge in [0.05, 0.1) is 10.9 Å². The van der Waals surface area contributed by atoms with Gasteiger partial charge >= 0.3 is 5.69 Å². The molecule has 0 radical (unpaired) electrons. The molecule has 6 heteroatoms. The Hall–Kier alpha value is -1.92. The van der Waals surface area contributed by atoms with Crippen LogP contribution in [0, 0.1) is 0 Å². The number of hydrogen-bond donors (Lipinski definition) is 3. The summed E-state index contributed by atoms with van der Waals surface area (Å²) in [4.78, 5) is 30.1. The molecule has 1 fully saturated rings. The summed E-state index contributed by atoms with van der Waals surface area (Å²) >= 11 is 0. The van der Waals surface area contributed by atoms with Crippen molar-refractivity contribution in [3.63, 3.8) is 0 Å². The van der Waals surface area contributed by atoms with Gasteiger partial charge in [0, 0.05) is 32.7 Å². The van der Waals surface area contributed by atoms with Gasteiger partial charge in [-0.25, -0.2) is 4.79 Å². The Kier molecular flexibility index (Phi) is 3.18. The van der Waals surface area contributed by atoms with Gasteiger partial charge in [-0.15, -0.1) is 0 Å². The fraction of sp³-hybridized carbons (Fsp3) is 0.385. The molecule has 6 nitrogen and oxygen atoms in total. The molecule has 3 N–H and O–H groups in total. The van der Waals surface area contributed by atoms with Crippen LogP contribution in [0.5, 0.6) is 0 Å². The molecule has 0 bridgehead atoms. The minimum absolute atomic E-state index is 0.340. The summed E-state index contributed by atoms with van der Waals surface area (Å²) in [5, 5.41) is 3.83. The van der Waals surface area contributed by atoms with Gasteiger partial charge in [-0.1, -0.05) is 6.07 Å². The third-order valence-electron chi connectivity index (χ3n) is 3.42. The third kappa shape index (κ3) is 2.59. The lowest BCUT2D eigenvalue weighted by Crippen LogP contribution is -2.42. The van der Waals surface area contributed by atoms with E-state index in [4.69, 9.17) is 0 Å². The zero-order chi connectivity index (χ0) is 13.2. The molecule has 0 spiro atoms. The normalized spacial score (nSPS) is 16.8.